The van der Waals surface area contributed by atoms with Gasteiger partial charge in [0.25, 0.3) is 0 Å². The first-order chi connectivity index (χ1) is 7.74. The summed E-state index contributed by atoms with van der Waals surface area (Å²) in [5.41, 5.74) is 1.99. The smallest absolute Gasteiger partial charge is 0.164 e. The van der Waals surface area contributed by atoms with Crippen LogP contribution in [0.1, 0.15) is 25.0 Å². The maximum absolute atomic E-state index is 8.72. The Balaban J connectivity index is 3.13. The molecule has 1 aromatic carbocycles. The molecular formula is C13H17NO2. The molecular weight excluding hydrogens is 202 g/mol. The highest BCUT2D eigenvalue weighted by molar-refractivity contribution is 5.50. The van der Waals surface area contributed by atoms with E-state index in [0.29, 0.717) is 19.6 Å². The van der Waals surface area contributed by atoms with Crippen LogP contribution in [0.3, 0.4) is 0 Å². The lowest BCUT2D eigenvalue weighted by atomic mass is 10.0. The second-order valence-electron chi connectivity index (χ2n) is 3.38. The summed E-state index contributed by atoms with van der Waals surface area (Å²) in [6, 6.07) is 5.94. The van der Waals surface area contributed by atoms with E-state index in [0.717, 1.165) is 22.6 Å². The molecule has 0 spiro atoms. The van der Waals surface area contributed by atoms with Crippen molar-refractivity contribution in [2.24, 2.45) is 0 Å². The van der Waals surface area contributed by atoms with Crippen molar-refractivity contribution in [1.82, 2.24) is 0 Å². The lowest BCUT2D eigenvalue weighted by Crippen LogP contribution is -2.02. The largest absolute Gasteiger partial charge is 0.490 e. The zero-order valence-electron chi connectivity index (χ0n) is 10.0. The first-order valence-corrected chi connectivity index (χ1v) is 5.49. The van der Waals surface area contributed by atoms with E-state index in [-0.39, 0.29) is 0 Å². The van der Waals surface area contributed by atoms with Gasteiger partial charge >= 0.3 is 0 Å². The van der Waals surface area contributed by atoms with Crippen molar-refractivity contribution in [3.05, 3.63) is 23.3 Å². The van der Waals surface area contributed by atoms with E-state index >= 15 is 0 Å². The minimum atomic E-state index is 0.401. The van der Waals surface area contributed by atoms with Gasteiger partial charge in [0.1, 0.15) is 0 Å². The summed E-state index contributed by atoms with van der Waals surface area (Å²) in [6.45, 7) is 7.04. The molecule has 0 fully saturated rings. The summed E-state index contributed by atoms with van der Waals surface area (Å²) in [5.74, 6) is 1.51. The average Bonchev–Trinajstić information content (AvgIpc) is 2.28. The molecule has 0 unspecified atom stereocenters. The standard InChI is InChI=1S/C13H17NO2/c1-4-15-12-7-6-11(8-9-14)10(3)13(12)16-5-2/h6-7H,4-5,8H2,1-3H3. The van der Waals surface area contributed by atoms with Crippen molar-refractivity contribution < 1.29 is 9.47 Å². The van der Waals surface area contributed by atoms with Crippen molar-refractivity contribution >= 4 is 0 Å². The van der Waals surface area contributed by atoms with E-state index in [9.17, 15) is 0 Å². The third-order valence-electron chi connectivity index (χ3n) is 2.34. The lowest BCUT2D eigenvalue weighted by molar-refractivity contribution is 0.286. The lowest BCUT2D eigenvalue weighted by Gasteiger charge is -2.15. The predicted octanol–water partition coefficient (Wildman–Crippen LogP) is 2.86. The summed E-state index contributed by atoms with van der Waals surface area (Å²) < 4.78 is 11.1. The van der Waals surface area contributed by atoms with Crippen LogP contribution in [-0.2, 0) is 6.42 Å². The Kier molecular flexibility index (Phi) is 4.65. The maximum atomic E-state index is 8.72. The Morgan fingerprint density at radius 3 is 2.44 bits per heavy atom. The summed E-state index contributed by atoms with van der Waals surface area (Å²) in [7, 11) is 0. The monoisotopic (exact) mass is 219 g/mol. The van der Waals surface area contributed by atoms with Crippen LogP contribution in [0, 0.1) is 18.3 Å². The van der Waals surface area contributed by atoms with Gasteiger partial charge in [0.2, 0.25) is 0 Å². The fourth-order valence-electron chi connectivity index (χ4n) is 1.58. The molecule has 0 radical (unpaired) electrons. The molecule has 0 bridgehead atoms. The number of nitriles is 1. The molecule has 16 heavy (non-hydrogen) atoms. The van der Waals surface area contributed by atoms with E-state index in [1.165, 1.54) is 0 Å². The van der Waals surface area contributed by atoms with Gasteiger partial charge in [-0.2, -0.15) is 5.26 Å². The zero-order chi connectivity index (χ0) is 12.0. The highest BCUT2D eigenvalue weighted by Gasteiger charge is 2.11. The van der Waals surface area contributed by atoms with E-state index in [2.05, 4.69) is 6.07 Å². The van der Waals surface area contributed by atoms with Gasteiger partial charge in [0, 0.05) is 0 Å². The first kappa shape index (κ1) is 12.4. The molecule has 0 atom stereocenters. The second kappa shape index (κ2) is 6.02. The number of hydrogen-bond donors (Lipinski definition) is 0. The van der Waals surface area contributed by atoms with Crippen LogP contribution >= 0.6 is 0 Å². The molecule has 86 valence electrons. The molecule has 0 aliphatic rings. The van der Waals surface area contributed by atoms with Gasteiger partial charge in [-0.1, -0.05) is 6.07 Å². The van der Waals surface area contributed by atoms with Crippen molar-refractivity contribution in [1.29, 1.82) is 5.26 Å². The van der Waals surface area contributed by atoms with Gasteiger partial charge in [-0.15, -0.1) is 0 Å². The van der Waals surface area contributed by atoms with Gasteiger partial charge < -0.3 is 9.47 Å². The Bertz CT molecular complexity index is 394. The molecule has 0 aromatic heterocycles. The minimum Gasteiger partial charge on any atom is -0.490 e. The maximum Gasteiger partial charge on any atom is 0.164 e. The van der Waals surface area contributed by atoms with E-state index in [4.69, 9.17) is 14.7 Å². The topological polar surface area (TPSA) is 42.2 Å². The van der Waals surface area contributed by atoms with Gasteiger partial charge in [-0.3, -0.25) is 0 Å². The Morgan fingerprint density at radius 1 is 1.19 bits per heavy atom. The number of benzene rings is 1. The van der Waals surface area contributed by atoms with Crippen LogP contribution in [0.15, 0.2) is 12.1 Å². The minimum absolute atomic E-state index is 0.401. The Labute approximate surface area is 96.6 Å². The van der Waals surface area contributed by atoms with Crippen LogP contribution in [-0.4, -0.2) is 13.2 Å². The Hall–Kier alpha value is -1.69. The summed E-state index contributed by atoms with van der Waals surface area (Å²) in [6.07, 6.45) is 0.401. The molecule has 0 N–H and O–H groups in total. The van der Waals surface area contributed by atoms with Crippen LogP contribution in [0.5, 0.6) is 11.5 Å². The van der Waals surface area contributed by atoms with Gasteiger partial charge in [0.05, 0.1) is 25.7 Å². The molecule has 0 saturated heterocycles. The van der Waals surface area contributed by atoms with Crippen LogP contribution in [0.2, 0.25) is 0 Å². The van der Waals surface area contributed by atoms with Crippen LogP contribution in [0.4, 0.5) is 0 Å². The Morgan fingerprint density at radius 2 is 1.88 bits per heavy atom. The fraction of sp³-hybridized carbons (Fsp3) is 0.462. The molecule has 3 nitrogen and oxygen atoms in total. The fourth-order valence-corrected chi connectivity index (χ4v) is 1.58. The molecule has 0 saturated carbocycles. The first-order valence-electron chi connectivity index (χ1n) is 5.49. The highest BCUT2D eigenvalue weighted by Crippen LogP contribution is 2.33. The highest BCUT2D eigenvalue weighted by atomic mass is 16.5. The van der Waals surface area contributed by atoms with Crippen LogP contribution in [0.25, 0.3) is 0 Å². The quantitative estimate of drug-likeness (QED) is 0.764. The van der Waals surface area contributed by atoms with Crippen molar-refractivity contribution in [2.75, 3.05) is 13.2 Å². The van der Waals surface area contributed by atoms with Gasteiger partial charge in [-0.05, 0) is 38.0 Å². The number of hydrogen-bond acceptors (Lipinski definition) is 3. The number of nitrogens with zero attached hydrogens (tertiary/aromatic N) is 1. The SMILES string of the molecule is CCOc1ccc(CC#N)c(C)c1OCC. The normalized spacial score (nSPS) is 9.62. The van der Waals surface area contributed by atoms with Crippen LogP contribution < -0.4 is 9.47 Å². The van der Waals surface area contributed by atoms with E-state index < -0.39 is 0 Å². The van der Waals surface area contributed by atoms with Gasteiger partial charge in [0.15, 0.2) is 11.5 Å². The molecule has 0 aliphatic heterocycles. The molecule has 1 aromatic rings. The average molecular weight is 219 g/mol. The molecule has 0 heterocycles. The zero-order valence-corrected chi connectivity index (χ0v) is 10.0. The molecule has 0 amide bonds. The predicted molar refractivity (Wildman–Crippen MR) is 62.8 cm³/mol. The summed E-state index contributed by atoms with van der Waals surface area (Å²) in [5, 5.41) is 8.72. The van der Waals surface area contributed by atoms with Crippen molar-refractivity contribution in [2.45, 2.75) is 27.2 Å². The molecule has 0 aliphatic carbocycles. The summed E-state index contributed by atoms with van der Waals surface area (Å²) >= 11 is 0. The molecule has 1 rings (SSSR count). The van der Waals surface area contributed by atoms with Crippen molar-refractivity contribution in [3.8, 4) is 17.6 Å². The van der Waals surface area contributed by atoms with Gasteiger partial charge in [-0.25, -0.2) is 0 Å². The van der Waals surface area contributed by atoms with Crippen molar-refractivity contribution in [3.63, 3.8) is 0 Å². The number of ether oxygens (including phenoxy) is 2. The summed E-state index contributed by atoms with van der Waals surface area (Å²) in [4.78, 5) is 0. The third-order valence-corrected chi connectivity index (χ3v) is 2.34. The van der Waals surface area contributed by atoms with E-state index in [1.54, 1.807) is 0 Å². The number of rotatable bonds is 5. The third kappa shape index (κ3) is 2.66. The van der Waals surface area contributed by atoms with E-state index in [1.807, 2.05) is 32.9 Å². The molecule has 3 heteroatoms. The second-order valence-corrected chi connectivity index (χ2v) is 3.38.